The normalized spacial score (nSPS) is 11.6. The fourth-order valence-corrected chi connectivity index (χ4v) is 4.42. The van der Waals surface area contributed by atoms with Crippen LogP contribution in [-0.2, 0) is 10.0 Å². The van der Waals surface area contributed by atoms with Crippen molar-refractivity contribution in [1.29, 1.82) is 0 Å². The largest absolute Gasteiger partial charge is 0.277 e. The van der Waals surface area contributed by atoms with E-state index in [1.54, 1.807) is 43.3 Å². The Labute approximate surface area is 180 Å². The molecule has 1 heterocycles. The molecule has 152 valence electrons. The van der Waals surface area contributed by atoms with Crippen LogP contribution in [0.4, 0.5) is 10.1 Å². The molecule has 0 aliphatic rings. The number of para-hydroxylation sites is 1. The summed E-state index contributed by atoms with van der Waals surface area (Å²) in [6.45, 7) is 1.66. The predicted molar refractivity (Wildman–Crippen MR) is 117 cm³/mol. The van der Waals surface area contributed by atoms with Gasteiger partial charge < -0.3 is 0 Å². The van der Waals surface area contributed by atoms with Crippen molar-refractivity contribution in [1.82, 2.24) is 9.55 Å². The van der Waals surface area contributed by atoms with Crippen LogP contribution in [0.15, 0.2) is 80.9 Å². The lowest BCUT2D eigenvalue weighted by Gasteiger charge is -2.14. The molecule has 0 saturated heterocycles. The molecular weight excluding hydrogens is 473 g/mol. The molecule has 9 heteroatoms. The van der Waals surface area contributed by atoms with Crippen LogP contribution in [0.5, 0.6) is 0 Å². The molecule has 4 rings (SSSR count). The number of rotatable bonds is 4. The Hall–Kier alpha value is -3.04. The van der Waals surface area contributed by atoms with Crippen LogP contribution in [-0.4, -0.2) is 18.0 Å². The summed E-state index contributed by atoms with van der Waals surface area (Å²) >= 11 is 3.24. The van der Waals surface area contributed by atoms with E-state index in [2.05, 4.69) is 25.6 Å². The summed E-state index contributed by atoms with van der Waals surface area (Å²) < 4.78 is 44.0. The van der Waals surface area contributed by atoms with E-state index >= 15 is 0 Å². The molecule has 0 atom stereocenters. The third kappa shape index (κ3) is 3.73. The van der Waals surface area contributed by atoms with Gasteiger partial charge in [-0.1, -0.05) is 28.1 Å². The maximum Gasteiger partial charge on any atom is 0.265 e. The van der Waals surface area contributed by atoms with Gasteiger partial charge in [0.1, 0.15) is 11.6 Å². The van der Waals surface area contributed by atoms with Gasteiger partial charge in [-0.3, -0.25) is 14.1 Å². The van der Waals surface area contributed by atoms with Crippen molar-refractivity contribution in [2.75, 3.05) is 4.72 Å². The fourth-order valence-electron chi connectivity index (χ4n) is 3.10. The molecule has 0 saturated carbocycles. The Kier molecular flexibility index (Phi) is 5.17. The van der Waals surface area contributed by atoms with Crippen LogP contribution in [0.2, 0.25) is 0 Å². The molecule has 0 aliphatic heterocycles. The first-order chi connectivity index (χ1) is 14.3. The minimum atomic E-state index is -4.02. The lowest BCUT2D eigenvalue weighted by atomic mass is 10.2. The van der Waals surface area contributed by atoms with Gasteiger partial charge in [-0.05, 0) is 61.5 Å². The van der Waals surface area contributed by atoms with E-state index in [9.17, 15) is 17.6 Å². The van der Waals surface area contributed by atoms with E-state index in [1.165, 1.54) is 28.8 Å². The highest BCUT2D eigenvalue weighted by Crippen LogP contribution is 2.24. The van der Waals surface area contributed by atoms with E-state index in [-0.39, 0.29) is 16.1 Å². The number of benzene rings is 3. The van der Waals surface area contributed by atoms with Gasteiger partial charge in [0.15, 0.2) is 0 Å². The van der Waals surface area contributed by atoms with Gasteiger partial charge in [0.2, 0.25) is 0 Å². The lowest BCUT2D eigenvalue weighted by Crippen LogP contribution is -2.22. The summed E-state index contributed by atoms with van der Waals surface area (Å²) in [5, 5.41) is 0.407. The SMILES string of the molecule is Cc1nc2ccccc2c(=O)n1-c1ccc(F)c(NS(=O)(=O)c2ccc(Br)cc2)c1. The molecule has 1 aromatic heterocycles. The Morgan fingerprint density at radius 2 is 1.73 bits per heavy atom. The van der Waals surface area contributed by atoms with Crippen molar-refractivity contribution in [3.8, 4) is 5.69 Å². The zero-order valence-corrected chi connectivity index (χ0v) is 18.0. The Morgan fingerprint density at radius 1 is 1.03 bits per heavy atom. The van der Waals surface area contributed by atoms with E-state index in [4.69, 9.17) is 0 Å². The van der Waals surface area contributed by atoms with Crippen molar-refractivity contribution in [3.63, 3.8) is 0 Å². The zero-order chi connectivity index (χ0) is 21.5. The van der Waals surface area contributed by atoms with Crippen LogP contribution >= 0.6 is 15.9 Å². The van der Waals surface area contributed by atoms with E-state index < -0.39 is 15.8 Å². The maximum atomic E-state index is 14.4. The molecule has 0 bridgehead atoms. The number of fused-ring (bicyclic) bond motifs is 1. The quantitative estimate of drug-likeness (QED) is 0.462. The second-order valence-electron chi connectivity index (χ2n) is 6.54. The Balaban J connectivity index is 1.81. The average Bonchev–Trinajstić information content (AvgIpc) is 2.70. The van der Waals surface area contributed by atoms with Crippen LogP contribution in [0.1, 0.15) is 5.82 Å². The molecule has 3 aromatic carbocycles. The van der Waals surface area contributed by atoms with Crippen molar-refractivity contribution >= 4 is 42.5 Å². The molecule has 0 amide bonds. The number of sulfonamides is 1. The first kappa shape index (κ1) is 20.2. The number of aromatic nitrogens is 2. The summed E-state index contributed by atoms with van der Waals surface area (Å²) in [6, 6.07) is 16.6. The van der Waals surface area contributed by atoms with Crippen molar-refractivity contribution in [2.45, 2.75) is 11.8 Å². The molecule has 0 spiro atoms. The van der Waals surface area contributed by atoms with E-state index in [0.717, 1.165) is 6.07 Å². The summed E-state index contributed by atoms with van der Waals surface area (Å²) in [4.78, 5) is 17.4. The van der Waals surface area contributed by atoms with Gasteiger partial charge in [-0.25, -0.2) is 17.8 Å². The number of nitrogens with one attached hydrogen (secondary N) is 1. The summed E-state index contributed by atoms with van der Waals surface area (Å²) in [7, 11) is -4.02. The zero-order valence-electron chi connectivity index (χ0n) is 15.6. The van der Waals surface area contributed by atoms with Crippen LogP contribution in [0, 0.1) is 12.7 Å². The topological polar surface area (TPSA) is 81.1 Å². The fraction of sp³-hybridized carbons (Fsp3) is 0.0476. The third-order valence-corrected chi connectivity index (χ3v) is 6.43. The molecule has 4 aromatic rings. The molecule has 0 aliphatic carbocycles. The van der Waals surface area contributed by atoms with Gasteiger partial charge >= 0.3 is 0 Å². The number of hydrogen-bond donors (Lipinski definition) is 1. The molecule has 0 radical (unpaired) electrons. The van der Waals surface area contributed by atoms with Crippen molar-refractivity contribution in [2.24, 2.45) is 0 Å². The number of anilines is 1. The smallest absolute Gasteiger partial charge is 0.265 e. The van der Waals surface area contributed by atoms with Gasteiger partial charge in [0.25, 0.3) is 15.6 Å². The minimum Gasteiger partial charge on any atom is -0.277 e. The highest BCUT2D eigenvalue weighted by atomic mass is 79.9. The van der Waals surface area contributed by atoms with Crippen molar-refractivity contribution in [3.05, 3.63) is 93.2 Å². The second kappa shape index (κ2) is 7.66. The lowest BCUT2D eigenvalue weighted by molar-refractivity contribution is 0.598. The summed E-state index contributed by atoms with van der Waals surface area (Å²) in [5.74, 6) is -0.370. The number of hydrogen-bond acceptors (Lipinski definition) is 4. The van der Waals surface area contributed by atoms with Gasteiger partial charge in [-0.15, -0.1) is 0 Å². The van der Waals surface area contributed by atoms with Crippen LogP contribution in [0.25, 0.3) is 16.6 Å². The molecule has 0 fully saturated rings. The molecule has 1 N–H and O–H groups in total. The first-order valence-electron chi connectivity index (χ1n) is 8.83. The molecular formula is C21H15BrFN3O3S. The summed E-state index contributed by atoms with van der Waals surface area (Å²) in [6.07, 6.45) is 0. The van der Waals surface area contributed by atoms with Gasteiger partial charge in [-0.2, -0.15) is 0 Å². The average molecular weight is 488 g/mol. The summed E-state index contributed by atoms with van der Waals surface area (Å²) in [5.41, 5.74) is 0.251. The van der Waals surface area contributed by atoms with Crippen LogP contribution in [0.3, 0.4) is 0 Å². The van der Waals surface area contributed by atoms with Gasteiger partial charge in [0, 0.05) is 4.47 Å². The van der Waals surface area contributed by atoms with Crippen molar-refractivity contribution < 1.29 is 12.8 Å². The highest BCUT2D eigenvalue weighted by molar-refractivity contribution is 9.10. The number of nitrogens with zero attached hydrogens (tertiary/aromatic N) is 2. The van der Waals surface area contributed by atoms with Crippen LogP contribution < -0.4 is 10.3 Å². The van der Waals surface area contributed by atoms with E-state index in [0.29, 0.717) is 26.9 Å². The number of aryl methyl sites for hydroxylation is 1. The van der Waals surface area contributed by atoms with Gasteiger partial charge in [0.05, 0.1) is 27.2 Å². The molecule has 30 heavy (non-hydrogen) atoms. The highest BCUT2D eigenvalue weighted by Gasteiger charge is 2.18. The Bertz CT molecular complexity index is 1430. The van der Waals surface area contributed by atoms with E-state index in [1.807, 2.05) is 0 Å². The monoisotopic (exact) mass is 487 g/mol. The standard InChI is InChI=1S/C21H15BrFN3O3S/c1-13-24-19-5-3-2-4-17(19)21(27)26(13)15-8-11-18(23)20(12-15)25-30(28,29)16-9-6-14(22)7-10-16/h2-12,25H,1H3. The first-order valence-corrected chi connectivity index (χ1v) is 11.1. The third-order valence-electron chi connectivity index (χ3n) is 4.52. The second-order valence-corrected chi connectivity index (χ2v) is 9.14. The minimum absolute atomic E-state index is 0.0174. The Morgan fingerprint density at radius 3 is 2.47 bits per heavy atom. The number of halogens is 2. The maximum absolute atomic E-state index is 14.4. The molecule has 0 unspecified atom stereocenters. The molecule has 6 nitrogen and oxygen atoms in total. The predicted octanol–water partition coefficient (Wildman–Crippen LogP) is 4.40.